The van der Waals surface area contributed by atoms with Crippen molar-refractivity contribution in [3.05, 3.63) is 35.9 Å². The highest BCUT2D eigenvalue weighted by Crippen LogP contribution is 2.46. The monoisotopic (exact) mass is 349 g/mol. The first-order valence-corrected chi connectivity index (χ1v) is 9.61. The first kappa shape index (κ1) is 23.2. The van der Waals surface area contributed by atoms with Gasteiger partial charge in [-0.2, -0.15) is 0 Å². The molecular formula is C21H35NO3. The van der Waals surface area contributed by atoms with Crippen LogP contribution < -0.4 is 0 Å². The summed E-state index contributed by atoms with van der Waals surface area (Å²) in [6.07, 6.45) is 5.95. The molecule has 1 heterocycles. The number of carboxylic acid groups (broad SMARTS) is 1. The van der Waals surface area contributed by atoms with Crippen LogP contribution in [0, 0.1) is 5.41 Å². The molecule has 2 fully saturated rings. The molecule has 25 heavy (non-hydrogen) atoms. The van der Waals surface area contributed by atoms with Gasteiger partial charge in [0.25, 0.3) is 0 Å². The molecule has 0 spiro atoms. The van der Waals surface area contributed by atoms with Gasteiger partial charge in [-0.05, 0) is 44.2 Å². The third kappa shape index (κ3) is 8.19. The van der Waals surface area contributed by atoms with E-state index < -0.39 is 5.97 Å². The fraction of sp³-hybridized carbons (Fsp3) is 0.619. The van der Waals surface area contributed by atoms with E-state index in [1.54, 1.807) is 30.3 Å². The van der Waals surface area contributed by atoms with Gasteiger partial charge in [-0.15, -0.1) is 0 Å². The lowest BCUT2D eigenvalue weighted by Gasteiger charge is -2.29. The van der Waals surface area contributed by atoms with Gasteiger partial charge in [0.05, 0.1) is 5.56 Å². The van der Waals surface area contributed by atoms with Gasteiger partial charge in [0.15, 0.2) is 0 Å². The average molecular weight is 350 g/mol. The van der Waals surface area contributed by atoms with Crippen LogP contribution >= 0.6 is 0 Å². The van der Waals surface area contributed by atoms with E-state index in [0.29, 0.717) is 11.5 Å². The molecule has 1 aliphatic carbocycles. The van der Waals surface area contributed by atoms with Gasteiger partial charge < -0.3 is 10.0 Å². The van der Waals surface area contributed by atoms with Gasteiger partial charge in [0, 0.05) is 18.5 Å². The van der Waals surface area contributed by atoms with E-state index in [-0.39, 0.29) is 5.41 Å². The van der Waals surface area contributed by atoms with Crippen LogP contribution in [0.25, 0.3) is 0 Å². The van der Waals surface area contributed by atoms with E-state index in [1.807, 2.05) is 27.7 Å². The Morgan fingerprint density at radius 3 is 1.76 bits per heavy atom. The molecule has 3 rings (SSSR count). The summed E-state index contributed by atoms with van der Waals surface area (Å²) in [5.41, 5.74) is 0.384. The van der Waals surface area contributed by atoms with Crippen LogP contribution in [0.4, 0.5) is 0 Å². The molecule has 1 aromatic carbocycles. The highest BCUT2D eigenvalue weighted by atomic mass is 16.4. The molecule has 0 bridgehead atoms. The molecule has 1 amide bonds. The van der Waals surface area contributed by atoms with E-state index in [4.69, 9.17) is 5.11 Å². The number of carbonyl (C=O) groups excluding carboxylic acids is 1. The smallest absolute Gasteiger partial charge is 0.335 e. The zero-order chi connectivity index (χ0) is 19.3. The van der Waals surface area contributed by atoms with Crippen molar-refractivity contribution in [2.75, 3.05) is 13.1 Å². The van der Waals surface area contributed by atoms with Crippen LogP contribution in [-0.2, 0) is 4.79 Å². The van der Waals surface area contributed by atoms with E-state index >= 15 is 0 Å². The number of aromatic carboxylic acids is 1. The summed E-state index contributed by atoms with van der Waals surface area (Å²) in [5.74, 6) is -0.460. The number of amides is 1. The minimum absolute atomic E-state index is 0.0529. The number of carboxylic acids is 1. The topological polar surface area (TPSA) is 57.6 Å². The minimum Gasteiger partial charge on any atom is -0.478 e. The number of likely N-dealkylation sites (tertiary alicyclic amines) is 1. The maximum atomic E-state index is 11.8. The number of hydrogen-bond acceptors (Lipinski definition) is 2. The van der Waals surface area contributed by atoms with Crippen molar-refractivity contribution in [1.82, 2.24) is 4.90 Å². The van der Waals surface area contributed by atoms with Gasteiger partial charge in [-0.1, -0.05) is 52.8 Å². The van der Waals surface area contributed by atoms with Crippen LogP contribution in [0.15, 0.2) is 30.3 Å². The molecule has 0 atom stereocenters. The quantitative estimate of drug-likeness (QED) is 0.794. The zero-order valence-corrected chi connectivity index (χ0v) is 16.5. The Morgan fingerprint density at radius 2 is 1.40 bits per heavy atom. The molecule has 4 nitrogen and oxygen atoms in total. The first-order valence-electron chi connectivity index (χ1n) is 9.61. The molecule has 0 aromatic heterocycles. The van der Waals surface area contributed by atoms with Crippen LogP contribution in [0.1, 0.15) is 77.1 Å². The van der Waals surface area contributed by atoms with E-state index in [0.717, 1.165) is 25.9 Å². The summed E-state index contributed by atoms with van der Waals surface area (Å²) in [4.78, 5) is 24.1. The molecule has 0 radical (unpaired) electrons. The van der Waals surface area contributed by atoms with Crippen molar-refractivity contribution < 1.29 is 14.7 Å². The van der Waals surface area contributed by atoms with Gasteiger partial charge in [0.1, 0.15) is 0 Å². The Bertz CT molecular complexity index is 489. The third-order valence-electron chi connectivity index (χ3n) is 4.18. The second-order valence-corrected chi connectivity index (χ2v) is 6.08. The standard InChI is InChI=1S/C10H17NO.C7H6O2.2C2H6/c1-10(5-6-10)9(12)11-7-3-2-4-8-11;8-7(9)6-4-2-1-3-5-6;2*1-2/h2-8H2,1H3;1-5H,(H,8,9);2*1-2H3. The first-order chi connectivity index (χ1) is 12.0. The molecule has 1 saturated heterocycles. The van der Waals surface area contributed by atoms with Crippen LogP contribution in [0.2, 0.25) is 0 Å². The molecular weight excluding hydrogens is 314 g/mol. The van der Waals surface area contributed by atoms with Gasteiger partial charge in [-0.25, -0.2) is 4.79 Å². The van der Waals surface area contributed by atoms with Crippen LogP contribution in [-0.4, -0.2) is 35.0 Å². The highest BCUT2D eigenvalue weighted by molar-refractivity contribution is 5.87. The number of carbonyl (C=O) groups is 2. The highest BCUT2D eigenvalue weighted by Gasteiger charge is 2.47. The van der Waals surface area contributed by atoms with E-state index in [9.17, 15) is 9.59 Å². The summed E-state index contributed by atoms with van der Waals surface area (Å²) >= 11 is 0. The number of nitrogens with zero attached hydrogens (tertiary/aromatic N) is 1. The van der Waals surface area contributed by atoms with Crippen molar-refractivity contribution in [3.63, 3.8) is 0 Å². The lowest BCUT2D eigenvalue weighted by atomic mass is 10.1. The Labute approximate surface area is 153 Å². The minimum atomic E-state index is -0.879. The van der Waals surface area contributed by atoms with E-state index in [1.165, 1.54) is 19.3 Å². The maximum absolute atomic E-state index is 11.8. The summed E-state index contributed by atoms with van der Waals surface area (Å²) in [5, 5.41) is 8.38. The van der Waals surface area contributed by atoms with Crippen molar-refractivity contribution in [2.24, 2.45) is 5.41 Å². The number of rotatable bonds is 2. The molecule has 1 N–H and O–H groups in total. The normalized spacial score (nSPS) is 16.6. The summed E-state index contributed by atoms with van der Waals surface area (Å²) < 4.78 is 0. The summed E-state index contributed by atoms with van der Waals surface area (Å²) in [7, 11) is 0. The summed E-state index contributed by atoms with van der Waals surface area (Å²) in [6, 6.07) is 8.30. The fourth-order valence-electron chi connectivity index (χ4n) is 2.46. The predicted molar refractivity (Wildman–Crippen MR) is 104 cm³/mol. The van der Waals surface area contributed by atoms with Crippen LogP contribution in [0.5, 0.6) is 0 Å². The maximum Gasteiger partial charge on any atom is 0.335 e. The Morgan fingerprint density at radius 1 is 0.920 bits per heavy atom. The van der Waals surface area contributed by atoms with Gasteiger partial charge >= 0.3 is 5.97 Å². The molecule has 1 aromatic rings. The van der Waals surface area contributed by atoms with Crippen molar-refractivity contribution in [3.8, 4) is 0 Å². The predicted octanol–water partition coefficient (Wildman–Crippen LogP) is 5.24. The summed E-state index contributed by atoms with van der Waals surface area (Å²) in [6.45, 7) is 12.1. The second-order valence-electron chi connectivity index (χ2n) is 6.08. The van der Waals surface area contributed by atoms with Gasteiger partial charge in [-0.3, -0.25) is 4.79 Å². The van der Waals surface area contributed by atoms with Crippen molar-refractivity contribution in [1.29, 1.82) is 0 Å². The SMILES string of the molecule is CC.CC.CC1(C(=O)N2CCCCC2)CC1.O=C(O)c1ccccc1. The van der Waals surface area contributed by atoms with E-state index in [2.05, 4.69) is 11.8 Å². The number of benzene rings is 1. The Kier molecular flexibility index (Phi) is 11.6. The van der Waals surface area contributed by atoms with Crippen molar-refractivity contribution in [2.45, 2.75) is 66.7 Å². The molecule has 4 heteroatoms. The Balaban J connectivity index is 0.000000396. The Hall–Kier alpha value is -1.84. The molecule has 0 unspecified atom stereocenters. The molecule has 1 aliphatic heterocycles. The fourth-order valence-corrected chi connectivity index (χ4v) is 2.46. The van der Waals surface area contributed by atoms with Crippen LogP contribution in [0.3, 0.4) is 0 Å². The molecule has 1 saturated carbocycles. The lowest BCUT2D eigenvalue weighted by Crippen LogP contribution is -2.39. The van der Waals surface area contributed by atoms with Crippen molar-refractivity contribution >= 4 is 11.9 Å². The number of hydrogen-bond donors (Lipinski definition) is 1. The third-order valence-corrected chi connectivity index (χ3v) is 4.18. The zero-order valence-electron chi connectivity index (χ0n) is 16.5. The molecule has 142 valence electrons. The second kappa shape index (κ2) is 12.5. The molecule has 2 aliphatic rings. The van der Waals surface area contributed by atoms with Gasteiger partial charge in [0.2, 0.25) is 5.91 Å². The largest absolute Gasteiger partial charge is 0.478 e. The number of piperidine rings is 1. The average Bonchev–Trinajstić information content (AvgIpc) is 3.45. The lowest BCUT2D eigenvalue weighted by molar-refractivity contribution is -0.137.